The third-order valence-electron chi connectivity index (χ3n) is 4.72. The van der Waals surface area contributed by atoms with E-state index in [2.05, 4.69) is 40.5 Å². The van der Waals surface area contributed by atoms with Crippen molar-refractivity contribution in [3.8, 4) is 0 Å². The lowest BCUT2D eigenvalue weighted by Crippen LogP contribution is -2.41. The molecule has 0 atom stereocenters. The predicted octanol–water partition coefficient (Wildman–Crippen LogP) is 3.13. The molecular weight excluding hydrogens is 300 g/mol. The monoisotopic (exact) mass is 326 g/mol. The standard InChI is InChI=1S/C20H26N2O2/c1-16-7-8-19(24-16)9-12-21-20(23)15-22-13-10-18(11-14-22)17-5-3-2-4-6-17/h2-8,18H,9-15H2,1H3,(H,21,23). The van der Waals surface area contributed by atoms with Crippen molar-refractivity contribution in [1.29, 1.82) is 0 Å². The van der Waals surface area contributed by atoms with E-state index in [1.54, 1.807) is 0 Å². The Bertz CT molecular complexity index is 643. The Morgan fingerprint density at radius 2 is 1.92 bits per heavy atom. The van der Waals surface area contributed by atoms with E-state index in [0.29, 0.717) is 19.0 Å². The summed E-state index contributed by atoms with van der Waals surface area (Å²) in [6.45, 7) is 5.04. The molecule has 3 rings (SSSR count). The molecule has 0 bridgehead atoms. The summed E-state index contributed by atoms with van der Waals surface area (Å²) in [5, 5.41) is 2.99. The number of piperidine rings is 1. The minimum atomic E-state index is 0.108. The number of benzene rings is 1. The molecule has 4 heteroatoms. The van der Waals surface area contributed by atoms with Gasteiger partial charge in [-0.1, -0.05) is 30.3 Å². The third-order valence-corrected chi connectivity index (χ3v) is 4.72. The van der Waals surface area contributed by atoms with Crippen molar-refractivity contribution in [3.63, 3.8) is 0 Å². The van der Waals surface area contributed by atoms with Gasteiger partial charge in [-0.25, -0.2) is 0 Å². The Hall–Kier alpha value is -2.07. The molecule has 1 aromatic carbocycles. The summed E-state index contributed by atoms with van der Waals surface area (Å²) in [6, 6.07) is 14.6. The first kappa shape index (κ1) is 16.8. The molecule has 0 radical (unpaired) electrons. The molecule has 1 aromatic heterocycles. The minimum Gasteiger partial charge on any atom is -0.466 e. The van der Waals surface area contributed by atoms with Gasteiger partial charge in [-0.2, -0.15) is 0 Å². The van der Waals surface area contributed by atoms with Gasteiger partial charge in [0.25, 0.3) is 0 Å². The van der Waals surface area contributed by atoms with Gasteiger partial charge in [-0.05, 0) is 56.5 Å². The van der Waals surface area contributed by atoms with E-state index in [0.717, 1.165) is 43.9 Å². The summed E-state index contributed by atoms with van der Waals surface area (Å²) in [5.74, 6) is 2.58. The molecule has 24 heavy (non-hydrogen) atoms. The summed E-state index contributed by atoms with van der Waals surface area (Å²) < 4.78 is 5.51. The number of hydrogen-bond donors (Lipinski definition) is 1. The molecule has 128 valence electrons. The fourth-order valence-electron chi connectivity index (χ4n) is 3.35. The fraction of sp³-hybridized carbons (Fsp3) is 0.450. The third kappa shape index (κ3) is 4.71. The summed E-state index contributed by atoms with van der Waals surface area (Å²) in [4.78, 5) is 14.3. The first-order valence-electron chi connectivity index (χ1n) is 8.80. The van der Waals surface area contributed by atoms with E-state index < -0.39 is 0 Å². The number of rotatable bonds is 6. The summed E-state index contributed by atoms with van der Waals surface area (Å²) >= 11 is 0. The Morgan fingerprint density at radius 3 is 2.58 bits per heavy atom. The van der Waals surface area contributed by atoms with Crippen molar-refractivity contribution >= 4 is 5.91 Å². The van der Waals surface area contributed by atoms with Crippen LogP contribution in [0.5, 0.6) is 0 Å². The van der Waals surface area contributed by atoms with Crippen molar-refractivity contribution in [1.82, 2.24) is 10.2 Å². The smallest absolute Gasteiger partial charge is 0.234 e. The predicted molar refractivity (Wildman–Crippen MR) is 95.0 cm³/mol. The summed E-state index contributed by atoms with van der Waals surface area (Å²) in [6.07, 6.45) is 3.00. The highest BCUT2D eigenvalue weighted by Crippen LogP contribution is 2.27. The maximum Gasteiger partial charge on any atom is 0.234 e. The molecule has 0 unspecified atom stereocenters. The quantitative estimate of drug-likeness (QED) is 0.887. The molecule has 2 aromatic rings. The molecule has 1 aliphatic rings. The van der Waals surface area contributed by atoms with Gasteiger partial charge in [0.15, 0.2) is 0 Å². The maximum atomic E-state index is 12.1. The summed E-state index contributed by atoms with van der Waals surface area (Å²) in [5.41, 5.74) is 1.43. The number of nitrogens with zero attached hydrogens (tertiary/aromatic N) is 1. The zero-order valence-corrected chi connectivity index (χ0v) is 14.3. The Balaban J connectivity index is 1.35. The van der Waals surface area contributed by atoms with Crippen LogP contribution in [-0.4, -0.2) is 37.0 Å². The number of carbonyl (C=O) groups is 1. The molecular formula is C20H26N2O2. The van der Waals surface area contributed by atoms with Gasteiger partial charge in [0, 0.05) is 13.0 Å². The number of hydrogen-bond acceptors (Lipinski definition) is 3. The van der Waals surface area contributed by atoms with Gasteiger partial charge in [0.1, 0.15) is 11.5 Å². The SMILES string of the molecule is Cc1ccc(CCNC(=O)CN2CCC(c3ccccc3)CC2)o1. The van der Waals surface area contributed by atoms with Gasteiger partial charge in [-0.15, -0.1) is 0 Å². The first-order chi connectivity index (χ1) is 11.7. The highest BCUT2D eigenvalue weighted by molar-refractivity contribution is 5.78. The molecule has 1 saturated heterocycles. The number of amides is 1. The molecule has 2 heterocycles. The number of carbonyl (C=O) groups excluding carboxylic acids is 1. The van der Waals surface area contributed by atoms with E-state index in [1.807, 2.05) is 19.1 Å². The Labute approximate surface area is 143 Å². The maximum absolute atomic E-state index is 12.1. The first-order valence-corrected chi connectivity index (χ1v) is 8.80. The highest BCUT2D eigenvalue weighted by atomic mass is 16.3. The molecule has 0 spiro atoms. The number of likely N-dealkylation sites (tertiary alicyclic amines) is 1. The molecule has 0 aliphatic carbocycles. The topological polar surface area (TPSA) is 45.5 Å². The Morgan fingerprint density at radius 1 is 1.17 bits per heavy atom. The van der Waals surface area contributed by atoms with Crippen LogP contribution in [0.25, 0.3) is 0 Å². The van der Waals surface area contributed by atoms with Crippen molar-refractivity contribution in [2.75, 3.05) is 26.2 Å². The van der Waals surface area contributed by atoms with E-state index in [4.69, 9.17) is 4.42 Å². The lowest BCUT2D eigenvalue weighted by atomic mass is 9.89. The van der Waals surface area contributed by atoms with Crippen molar-refractivity contribution < 1.29 is 9.21 Å². The van der Waals surface area contributed by atoms with Crippen LogP contribution in [0.4, 0.5) is 0 Å². The van der Waals surface area contributed by atoms with Crippen LogP contribution in [0.3, 0.4) is 0 Å². The molecule has 1 fully saturated rings. The van der Waals surface area contributed by atoms with Crippen LogP contribution >= 0.6 is 0 Å². The second-order valence-electron chi connectivity index (χ2n) is 6.57. The van der Waals surface area contributed by atoms with Crippen LogP contribution in [0, 0.1) is 6.92 Å². The van der Waals surface area contributed by atoms with Gasteiger partial charge in [-0.3, -0.25) is 9.69 Å². The lowest BCUT2D eigenvalue weighted by Gasteiger charge is -2.31. The molecule has 4 nitrogen and oxygen atoms in total. The zero-order chi connectivity index (χ0) is 16.8. The Kier molecular flexibility index (Phi) is 5.70. The second kappa shape index (κ2) is 8.15. The molecule has 1 aliphatic heterocycles. The largest absolute Gasteiger partial charge is 0.466 e. The van der Waals surface area contributed by atoms with Crippen LogP contribution in [-0.2, 0) is 11.2 Å². The van der Waals surface area contributed by atoms with E-state index in [9.17, 15) is 4.79 Å². The normalized spacial score (nSPS) is 16.2. The van der Waals surface area contributed by atoms with E-state index >= 15 is 0 Å². The van der Waals surface area contributed by atoms with Crippen LogP contribution < -0.4 is 5.32 Å². The van der Waals surface area contributed by atoms with Crippen molar-refractivity contribution in [2.24, 2.45) is 0 Å². The lowest BCUT2D eigenvalue weighted by molar-refractivity contribution is -0.122. The van der Waals surface area contributed by atoms with Gasteiger partial charge in [0.2, 0.25) is 5.91 Å². The fourth-order valence-corrected chi connectivity index (χ4v) is 3.35. The van der Waals surface area contributed by atoms with Crippen LogP contribution in [0.1, 0.15) is 35.8 Å². The number of aryl methyl sites for hydroxylation is 1. The van der Waals surface area contributed by atoms with E-state index in [-0.39, 0.29) is 5.91 Å². The average Bonchev–Trinajstić information content (AvgIpc) is 3.02. The van der Waals surface area contributed by atoms with E-state index in [1.165, 1.54) is 5.56 Å². The molecule has 1 N–H and O–H groups in total. The average molecular weight is 326 g/mol. The second-order valence-corrected chi connectivity index (χ2v) is 6.57. The van der Waals surface area contributed by atoms with Crippen LogP contribution in [0.2, 0.25) is 0 Å². The number of nitrogens with one attached hydrogen (secondary N) is 1. The summed E-state index contributed by atoms with van der Waals surface area (Å²) in [7, 11) is 0. The van der Waals surface area contributed by atoms with Crippen molar-refractivity contribution in [2.45, 2.75) is 32.1 Å². The molecule has 0 saturated carbocycles. The van der Waals surface area contributed by atoms with Gasteiger partial charge < -0.3 is 9.73 Å². The minimum absolute atomic E-state index is 0.108. The van der Waals surface area contributed by atoms with Gasteiger partial charge >= 0.3 is 0 Å². The van der Waals surface area contributed by atoms with Gasteiger partial charge in [0.05, 0.1) is 6.54 Å². The van der Waals surface area contributed by atoms with Crippen LogP contribution in [0.15, 0.2) is 46.9 Å². The number of furan rings is 1. The molecule has 1 amide bonds. The zero-order valence-electron chi connectivity index (χ0n) is 14.3. The van der Waals surface area contributed by atoms with Crippen molar-refractivity contribution in [3.05, 3.63) is 59.5 Å². The highest BCUT2D eigenvalue weighted by Gasteiger charge is 2.21.